The van der Waals surface area contributed by atoms with Gasteiger partial charge < -0.3 is 25.3 Å². The highest BCUT2D eigenvalue weighted by molar-refractivity contribution is 6.32. The minimum atomic E-state index is -1.16. The molecule has 1 aromatic carbocycles. The van der Waals surface area contributed by atoms with Gasteiger partial charge in [-0.3, -0.25) is 14.6 Å². The van der Waals surface area contributed by atoms with Crippen molar-refractivity contribution >= 4 is 23.5 Å². The molecule has 34 heavy (non-hydrogen) atoms. The van der Waals surface area contributed by atoms with Crippen LogP contribution in [0.4, 0.5) is 0 Å². The van der Waals surface area contributed by atoms with Gasteiger partial charge in [-0.15, -0.1) is 0 Å². The number of carbonyl (C=O) groups excluding carboxylic acids is 1. The van der Waals surface area contributed by atoms with E-state index in [9.17, 15) is 19.8 Å². The van der Waals surface area contributed by atoms with Crippen LogP contribution in [-0.2, 0) is 15.0 Å². The molecule has 1 unspecified atom stereocenters. The molecular formula is C25H26ClN3O5. The van der Waals surface area contributed by atoms with Gasteiger partial charge in [0.25, 0.3) is 0 Å². The Balaban J connectivity index is 1.74. The fraction of sp³-hybridized carbons (Fsp3) is 0.320. The third kappa shape index (κ3) is 4.64. The van der Waals surface area contributed by atoms with Crippen LogP contribution in [0.15, 0.2) is 53.2 Å². The molecule has 1 fully saturated rings. The van der Waals surface area contributed by atoms with E-state index in [1.807, 2.05) is 4.90 Å². The number of carboxylic acid groups (broad SMARTS) is 1. The molecule has 0 spiro atoms. The zero-order chi connectivity index (χ0) is 24.5. The van der Waals surface area contributed by atoms with Gasteiger partial charge in [0.05, 0.1) is 10.9 Å². The van der Waals surface area contributed by atoms with Crippen molar-refractivity contribution in [1.29, 1.82) is 0 Å². The summed E-state index contributed by atoms with van der Waals surface area (Å²) >= 11 is 6.00. The number of hydrogen-bond donors (Lipinski definition) is 3. The van der Waals surface area contributed by atoms with E-state index < -0.39 is 17.3 Å². The number of rotatable bonds is 7. The maximum atomic E-state index is 12.7. The number of piperidine rings is 1. The second kappa shape index (κ2) is 9.48. The average Bonchev–Trinajstić information content (AvgIpc) is 3.28. The van der Waals surface area contributed by atoms with Crippen LogP contribution >= 0.6 is 11.6 Å². The van der Waals surface area contributed by atoms with Crippen molar-refractivity contribution in [3.8, 4) is 28.2 Å². The van der Waals surface area contributed by atoms with E-state index >= 15 is 0 Å². The molecule has 3 aromatic rings. The fourth-order valence-corrected chi connectivity index (χ4v) is 4.46. The molecule has 0 bridgehead atoms. The van der Waals surface area contributed by atoms with E-state index in [2.05, 4.69) is 4.98 Å². The molecule has 0 aliphatic carbocycles. The van der Waals surface area contributed by atoms with Crippen LogP contribution in [0.5, 0.6) is 5.75 Å². The number of carboxylic acids is 1. The Morgan fingerprint density at radius 1 is 1.18 bits per heavy atom. The van der Waals surface area contributed by atoms with E-state index in [1.165, 1.54) is 0 Å². The molecule has 1 aliphatic heterocycles. The first-order chi connectivity index (χ1) is 16.2. The molecule has 1 amide bonds. The summed E-state index contributed by atoms with van der Waals surface area (Å²) in [5.41, 5.74) is 6.81. The highest BCUT2D eigenvalue weighted by atomic mass is 35.5. The number of phenols is 1. The summed E-state index contributed by atoms with van der Waals surface area (Å²) in [7, 11) is 0. The van der Waals surface area contributed by atoms with Crippen molar-refractivity contribution in [2.75, 3.05) is 19.6 Å². The first-order valence-corrected chi connectivity index (χ1v) is 11.4. The van der Waals surface area contributed by atoms with Gasteiger partial charge in [-0.25, -0.2) is 0 Å². The number of likely N-dealkylation sites (tertiary alicyclic amines) is 1. The highest BCUT2D eigenvalue weighted by Gasteiger charge is 2.40. The number of pyridine rings is 1. The summed E-state index contributed by atoms with van der Waals surface area (Å²) in [5, 5.41) is 19.7. The molecule has 4 N–H and O–H groups in total. The number of primary amides is 1. The molecule has 1 atom stereocenters. The Morgan fingerprint density at radius 2 is 1.85 bits per heavy atom. The van der Waals surface area contributed by atoms with E-state index in [1.54, 1.807) is 55.7 Å². The number of halogens is 1. The first-order valence-electron chi connectivity index (χ1n) is 11.0. The van der Waals surface area contributed by atoms with Crippen LogP contribution < -0.4 is 5.73 Å². The van der Waals surface area contributed by atoms with Crippen LogP contribution in [-0.4, -0.2) is 51.6 Å². The summed E-state index contributed by atoms with van der Waals surface area (Å²) in [6.45, 7) is 3.13. The Kier molecular flexibility index (Phi) is 6.63. The van der Waals surface area contributed by atoms with Crippen molar-refractivity contribution < 1.29 is 24.2 Å². The van der Waals surface area contributed by atoms with Gasteiger partial charge in [0.2, 0.25) is 5.91 Å². The van der Waals surface area contributed by atoms with E-state index in [0.29, 0.717) is 55.1 Å². The van der Waals surface area contributed by atoms with Gasteiger partial charge >= 0.3 is 5.97 Å². The lowest BCUT2D eigenvalue weighted by Gasteiger charge is -2.35. The lowest BCUT2D eigenvalue weighted by atomic mass is 9.84. The second-order valence-electron chi connectivity index (χ2n) is 8.84. The fourth-order valence-electron chi connectivity index (χ4n) is 4.34. The quantitative estimate of drug-likeness (QED) is 0.464. The normalized spacial score (nSPS) is 16.8. The molecule has 0 radical (unpaired) electrons. The lowest BCUT2D eigenvalue weighted by molar-refractivity contribution is -0.143. The Morgan fingerprint density at radius 3 is 2.44 bits per heavy atom. The molecule has 3 heterocycles. The van der Waals surface area contributed by atoms with Crippen molar-refractivity contribution in [3.05, 3.63) is 59.6 Å². The predicted octanol–water partition coefficient (Wildman–Crippen LogP) is 3.91. The number of carbonyl (C=O) groups is 2. The second-order valence-corrected chi connectivity index (χ2v) is 9.25. The van der Waals surface area contributed by atoms with Crippen LogP contribution in [0.1, 0.15) is 25.5 Å². The summed E-state index contributed by atoms with van der Waals surface area (Å²) in [5.74, 6) is -0.883. The summed E-state index contributed by atoms with van der Waals surface area (Å²) in [6, 6.07) is 10.3. The third-order valence-corrected chi connectivity index (χ3v) is 6.82. The number of amides is 1. The lowest BCUT2D eigenvalue weighted by Crippen LogP contribution is -2.50. The number of nitrogens with zero attached hydrogens (tertiary/aromatic N) is 2. The number of aliphatic carboxylic acids is 1. The van der Waals surface area contributed by atoms with E-state index in [-0.39, 0.29) is 16.7 Å². The summed E-state index contributed by atoms with van der Waals surface area (Å²) < 4.78 is 6.29. The van der Waals surface area contributed by atoms with Crippen LogP contribution in [0, 0.1) is 5.92 Å². The zero-order valence-electron chi connectivity index (χ0n) is 18.7. The Hall–Kier alpha value is -3.36. The Labute approximate surface area is 202 Å². The monoisotopic (exact) mass is 483 g/mol. The molecule has 1 saturated heterocycles. The zero-order valence-corrected chi connectivity index (χ0v) is 19.5. The standard InChI is InChI=1S/C25H26ClN3O5/c1-25(24(27)33,14-29-10-6-16(7-11-29)23(31)32)21-13-18(17-2-3-19(26)20(30)12-17)22(34-21)15-4-8-28-9-5-15/h2-5,8-9,12-13,16,30H,6-7,10-11,14H2,1H3,(H2,27,33)(H,31,32). The minimum absolute atomic E-state index is 0.0680. The maximum Gasteiger partial charge on any atom is 0.306 e. The van der Waals surface area contributed by atoms with Gasteiger partial charge in [-0.05, 0) is 68.8 Å². The van der Waals surface area contributed by atoms with Crippen molar-refractivity contribution in [1.82, 2.24) is 9.88 Å². The number of nitrogens with two attached hydrogens (primary N) is 1. The largest absolute Gasteiger partial charge is 0.506 e. The van der Waals surface area contributed by atoms with Gasteiger partial charge in [-0.1, -0.05) is 17.7 Å². The summed E-state index contributed by atoms with van der Waals surface area (Å²) in [4.78, 5) is 30.1. The van der Waals surface area contributed by atoms with E-state index in [4.69, 9.17) is 21.8 Å². The van der Waals surface area contributed by atoms with Crippen LogP contribution in [0.25, 0.3) is 22.5 Å². The molecule has 2 aromatic heterocycles. The molecule has 178 valence electrons. The molecule has 4 rings (SSSR count). The first kappa shape index (κ1) is 23.8. The number of hydrogen-bond acceptors (Lipinski definition) is 6. The molecule has 1 aliphatic rings. The third-order valence-electron chi connectivity index (χ3n) is 6.50. The summed E-state index contributed by atoms with van der Waals surface area (Å²) in [6.07, 6.45) is 4.31. The molecule has 8 nitrogen and oxygen atoms in total. The molecule has 0 saturated carbocycles. The Bertz CT molecular complexity index is 1200. The van der Waals surface area contributed by atoms with Gasteiger partial charge in [0.1, 0.15) is 22.7 Å². The highest BCUT2D eigenvalue weighted by Crippen LogP contribution is 2.41. The number of furan rings is 1. The minimum Gasteiger partial charge on any atom is -0.506 e. The van der Waals surface area contributed by atoms with Gasteiger partial charge in [0.15, 0.2) is 0 Å². The van der Waals surface area contributed by atoms with Crippen LogP contribution in [0.3, 0.4) is 0 Å². The number of aromatic nitrogens is 1. The SMILES string of the molecule is CC(CN1CCC(C(=O)O)CC1)(C(N)=O)c1cc(-c2ccc(Cl)c(O)c2)c(-c2ccncc2)o1. The smallest absolute Gasteiger partial charge is 0.306 e. The van der Waals surface area contributed by atoms with E-state index in [0.717, 1.165) is 5.56 Å². The van der Waals surface area contributed by atoms with Crippen LogP contribution in [0.2, 0.25) is 5.02 Å². The number of benzene rings is 1. The van der Waals surface area contributed by atoms with Crippen molar-refractivity contribution in [2.24, 2.45) is 11.7 Å². The number of aromatic hydroxyl groups is 1. The van der Waals surface area contributed by atoms with Crippen molar-refractivity contribution in [3.63, 3.8) is 0 Å². The average molecular weight is 484 g/mol. The maximum absolute atomic E-state index is 12.7. The topological polar surface area (TPSA) is 130 Å². The molecule has 9 heteroatoms. The van der Waals surface area contributed by atoms with Crippen molar-refractivity contribution in [2.45, 2.75) is 25.2 Å². The molecular weight excluding hydrogens is 458 g/mol. The van der Waals surface area contributed by atoms with Gasteiger partial charge in [-0.2, -0.15) is 0 Å². The predicted molar refractivity (Wildman–Crippen MR) is 127 cm³/mol. The van der Waals surface area contributed by atoms with Gasteiger partial charge in [0, 0.05) is 30.1 Å². The number of phenolic OH excluding ortho intramolecular Hbond substituents is 1.